The number of likely N-dealkylation sites (N-methyl/N-ethyl adjacent to an activating group) is 1. The minimum atomic E-state index is -3.26. The number of rotatable bonds is 9. The van der Waals surface area contributed by atoms with Crippen molar-refractivity contribution in [1.82, 2.24) is 14.5 Å². The number of carbonyl (C=O) groups is 1. The van der Waals surface area contributed by atoms with Gasteiger partial charge in [0.2, 0.25) is 15.9 Å². The van der Waals surface area contributed by atoms with Gasteiger partial charge in [-0.2, -0.15) is 4.31 Å². The summed E-state index contributed by atoms with van der Waals surface area (Å²) in [6.45, 7) is 1.66. The van der Waals surface area contributed by atoms with Crippen molar-refractivity contribution in [2.45, 2.75) is 6.42 Å². The van der Waals surface area contributed by atoms with Gasteiger partial charge in [-0.15, -0.1) is 0 Å². The Balaban J connectivity index is 2.40. The molecule has 0 radical (unpaired) electrons. The SMILES string of the molecule is CN(C)CCN(CCNC(=O)Cc1ccccc1)S(C)(=O)=O. The highest BCUT2D eigenvalue weighted by molar-refractivity contribution is 7.88. The maximum Gasteiger partial charge on any atom is 0.224 e. The molecule has 0 heterocycles. The molecule has 0 unspecified atom stereocenters. The van der Waals surface area contributed by atoms with Crippen molar-refractivity contribution in [3.8, 4) is 0 Å². The van der Waals surface area contributed by atoms with Gasteiger partial charge in [0.15, 0.2) is 0 Å². The van der Waals surface area contributed by atoms with Crippen molar-refractivity contribution in [3.63, 3.8) is 0 Å². The van der Waals surface area contributed by atoms with Crippen LogP contribution < -0.4 is 5.32 Å². The zero-order valence-electron chi connectivity index (χ0n) is 13.4. The minimum Gasteiger partial charge on any atom is -0.354 e. The van der Waals surface area contributed by atoms with Crippen molar-refractivity contribution in [3.05, 3.63) is 35.9 Å². The largest absolute Gasteiger partial charge is 0.354 e. The van der Waals surface area contributed by atoms with Crippen LogP contribution in [0.3, 0.4) is 0 Å². The number of nitrogens with zero attached hydrogens (tertiary/aromatic N) is 2. The predicted molar refractivity (Wildman–Crippen MR) is 88.1 cm³/mol. The molecular weight excluding hydrogens is 302 g/mol. The van der Waals surface area contributed by atoms with Gasteiger partial charge in [-0.05, 0) is 19.7 Å². The highest BCUT2D eigenvalue weighted by Gasteiger charge is 2.16. The summed E-state index contributed by atoms with van der Waals surface area (Å²) in [6.07, 6.45) is 1.49. The summed E-state index contributed by atoms with van der Waals surface area (Å²) in [5, 5.41) is 2.76. The van der Waals surface area contributed by atoms with Crippen LogP contribution in [0.1, 0.15) is 5.56 Å². The van der Waals surface area contributed by atoms with Gasteiger partial charge in [-0.1, -0.05) is 30.3 Å². The van der Waals surface area contributed by atoms with Crippen molar-refractivity contribution in [2.75, 3.05) is 46.5 Å². The lowest BCUT2D eigenvalue weighted by atomic mass is 10.1. The average Bonchev–Trinajstić information content (AvgIpc) is 2.42. The molecule has 22 heavy (non-hydrogen) atoms. The smallest absolute Gasteiger partial charge is 0.224 e. The third-order valence-corrected chi connectivity index (χ3v) is 4.46. The van der Waals surface area contributed by atoms with Crippen molar-refractivity contribution in [2.24, 2.45) is 0 Å². The fourth-order valence-electron chi connectivity index (χ4n) is 1.92. The van der Waals surface area contributed by atoms with Crippen LogP contribution in [0, 0.1) is 0 Å². The average molecular weight is 327 g/mol. The van der Waals surface area contributed by atoms with E-state index in [1.54, 1.807) is 0 Å². The molecule has 0 bridgehead atoms. The van der Waals surface area contributed by atoms with E-state index in [-0.39, 0.29) is 12.5 Å². The Morgan fingerprint density at radius 1 is 1.09 bits per heavy atom. The quantitative estimate of drug-likeness (QED) is 0.702. The van der Waals surface area contributed by atoms with E-state index < -0.39 is 10.0 Å². The van der Waals surface area contributed by atoms with E-state index in [9.17, 15) is 13.2 Å². The molecule has 0 spiro atoms. The summed E-state index contributed by atoms with van der Waals surface area (Å²) in [5.74, 6) is -0.104. The molecule has 1 aromatic rings. The fourth-order valence-corrected chi connectivity index (χ4v) is 2.75. The van der Waals surface area contributed by atoms with E-state index in [0.29, 0.717) is 26.1 Å². The molecule has 0 saturated heterocycles. The first-order chi connectivity index (χ1) is 10.3. The first-order valence-electron chi connectivity index (χ1n) is 7.19. The minimum absolute atomic E-state index is 0.104. The topological polar surface area (TPSA) is 69.7 Å². The number of carbonyl (C=O) groups excluding carboxylic acids is 1. The van der Waals surface area contributed by atoms with Crippen LogP contribution in [0.5, 0.6) is 0 Å². The van der Waals surface area contributed by atoms with E-state index in [1.165, 1.54) is 10.6 Å². The molecule has 0 aliphatic carbocycles. The van der Waals surface area contributed by atoms with Crippen LogP contribution in [-0.4, -0.2) is 70.1 Å². The Labute approximate surface area is 133 Å². The standard InChI is InChI=1S/C15H25N3O3S/c1-17(2)11-12-18(22(3,20)21)10-9-16-15(19)13-14-7-5-4-6-8-14/h4-8H,9-13H2,1-3H3,(H,16,19). The third kappa shape index (κ3) is 7.53. The third-order valence-electron chi connectivity index (χ3n) is 3.16. The summed E-state index contributed by atoms with van der Waals surface area (Å²) in [5.41, 5.74) is 0.938. The Morgan fingerprint density at radius 3 is 2.27 bits per heavy atom. The fraction of sp³-hybridized carbons (Fsp3) is 0.533. The first kappa shape index (κ1) is 18.6. The van der Waals surface area contributed by atoms with Gasteiger partial charge >= 0.3 is 0 Å². The second-order valence-electron chi connectivity index (χ2n) is 5.48. The van der Waals surface area contributed by atoms with E-state index in [1.807, 2.05) is 49.3 Å². The predicted octanol–water partition coefficient (Wildman–Crippen LogP) is 0.169. The van der Waals surface area contributed by atoms with Crippen molar-refractivity contribution < 1.29 is 13.2 Å². The Hall–Kier alpha value is -1.44. The molecule has 0 saturated carbocycles. The lowest BCUT2D eigenvalue weighted by molar-refractivity contribution is -0.120. The van der Waals surface area contributed by atoms with Gasteiger partial charge in [0.1, 0.15) is 0 Å². The van der Waals surface area contributed by atoms with Crippen LogP contribution in [0.4, 0.5) is 0 Å². The number of hydrogen-bond donors (Lipinski definition) is 1. The van der Waals surface area contributed by atoms with Crippen LogP contribution in [0.25, 0.3) is 0 Å². The Morgan fingerprint density at radius 2 is 1.73 bits per heavy atom. The molecule has 1 N–H and O–H groups in total. The molecule has 7 heteroatoms. The molecule has 0 aliphatic heterocycles. The van der Waals surface area contributed by atoms with E-state index in [2.05, 4.69) is 5.32 Å². The summed E-state index contributed by atoms with van der Waals surface area (Å²) in [6, 6.07) is 9.44. The summed E-state index contributed by atoms with van der Waals surface area (Å²) in [4.78, 5) is 13.7. The molecule has 0 aromatic heterocycles. The van der Waals surface area contributed by atoms with E-state index in [4.69, 9.17) is 0 Å². The zero-order chi connectivity index (χ0) is 16.6. The molecule has 0 fully saturated rings. The van der Waals surface area contributed by atoms with Crippen LogP contribution in [-0.2, 0) is 21.2 Å². The normalized spacial score (nSPS) is 11.9. The number of hydrogen-bond acceptors (Lipinski definition) is 4. The maximum atomic E-state index is 11.8. The van der Waals surface area contributed by atoms with Crippen LogP contribution in [0.15, 0.2) is 30.3 Å². The number of nitrogens with one attached hydrogen (secondary N) is 1. The molecule has 1 aromatic carbocycles. The lowest BCUT2D eigenvalue weighted by Crippen LogP contribution is -2.41. The van der Waals surface area contributed by atoms with E-state index >= 15 is 0 Å². The second kappa shape index (κ2) is 8.87. The summed E-state index contributed by atoms with van der Waals surface area (Å²) < 4.78 is 24.8. The van der Waals surface area contributed by atoms with Gasteiger partial charge in [0.25, 0.3) is 0 Å². The first-order valence-corrected chi connectivity index (χ1v) is 9.04. The van der Waals surface area contributed by atoms with Gasteiger partial charge in [-0.3, -0.25) is 4.79 Å². The van der Waals surface area contributed by atoms with Gasteiger partial charge in [0, 0.05) is 26.2 Å². The summed E-state index contributed by atoms with van der Waals surface area (Å²) >= 11 is 0. The molecule has 1 amide bonds. The molecule has 124 valence electrons. The van der Waals surface area contributed by atoms with Gasteiger partial charge in [-0.25, -0.2) is 8.42 Å². The molecular formula is C15H25N3O3S. The summed E-state index contributed by atoms with van der Waals surface area (Å²) in [7, 11) is 0.520. The second-order valence-corrected chi connectivity index (χ2v) is 7.46. The lowest BCUT2D eigenvalue weighted by Gasteiger charge is -2.22. The molecule has 6 nitrogen and oxygen atoms in total. The van der Waals surface area contributed by atoms with Crippen LogP contribution >= 0.6 is 0 Å². The van der Waals surface area contributed by atoms with Gasteiger partial charge in [0.05, 0.1) is 12.7 Å². The number of sulfonamides is 1. The molecule has 0 aliphatic rings. The van der Waals surface area contributed by atoms with E-state index in [0.717, 1.165) is 5.56 Å². The van der Waals surface area contributed by atoms with Crippen molar-refractivity contribution in [1.29, 1.82) is 0 Å². The highest BCUT2D eigenvalue weighted by atomic mass is 32.2. The zero-order valence-corrected chi connectivity index (χ0v) is 14.3. The molecule has 0 atom stereocenters. The molecule has 1 rings (SSSR count). The Kier molecular flexibility index (Phi) is 7.50. The van der Waals surface area contributed by atoms with Crippen molar-refractivity contribution >= 4 is 15.9 Å². The maximum absolute atomic E-state index is 11.8. The monoisotopic (exact) mass is 327 g/mol. The number of amides is 1. The van der Waals surface area contributed by atoms with Crippen LogP contribution in [0.2, 0.25) is 0 Å². The number of benzene rings is 1. The highest BCUT2D eigenvalue weighted by Crippen LogP contribution is 2.00. The Bertz CT molecular complexity index is 559. The van der Waals surface area contributed by atoms with Gasteiger partial charge < -0.3 is 10.2 Å².